The first-order valence-electron chi connectivity index (χ1n) is 7.56. The summed E-state index contributed by atoms with van der Waals surface area (Å²) < 4.78 is 0. The van der Waals surface area contributed by atoms with Gasteiger partial charge >= 0.3 is 0 Å². The van der Waals surface area contributed by atoms with Crippen molar-refractivity contribution in [3.63, 3.8) is 0 Å². The van der Waals surface area contributed by atoms with E-state index in [0.29, 0.717) is 18.0 Å². The molecule has 0 unspecified atom stereocenters. The van der Waals surface area contributed by atoms with Crippen LogP contribution in [0.1, 0.15) is 11.1 Å². The van der Waals surface area contributed by atoms with Crippen LogP contribution in [0.15, 0.2) is 67.3 Å². The van der Waals surface area contributed by atoms with Crippen LogP contribution >= 0.6 is 11.6 Å². The predicted molar refractivity (Wildman–Crippen MR) is 94.5 cm³/mol. The van der Waals surface area contributed by atoms with Gasteiger partial charge in [-0.05, 0) is 35.4 Å². The van der Waals surface area contributed by atoms with E-state index in [1.165, 1.54) is 0 Å². The molecule has 3 rings (SSSR count). The fourth-order valence-corrected chi connectivity index (χ4v) is 2.45. The zero-order valence-electron chi connectivity index (χ0n) is 12.9. The molecular weight excluding hydrogens is 322 g/mol. The number of carbonyl (C=O) groups is 1. The number of nitrogens with zero attached hydrogens (tertiary/aromatic N) is 2. The highest BCUT2D eigenvalue weighted by Gasteiger charge is 2.05. The Morgan fingerprint density at radius 3 is 2.50 bits per heavy atom. The van der Waals surface area contributed by atoms with Gasteiger partial charge in [-0.2, -0.15) is 0 Å². The van der Waals surface area contributed by atoms with Gasteiger partial charge in [0.2, 0.25) is 5.91 Å². The number of amides is 1. The van der Waals surface area contributed by atoms with Crippen LogP contribution in [-0.4, -0.2) is 15.9 Å². The van der Waals surface area contributed by atoms with E-state index in [9.17, 15) is 4.79 Å². The summed E-state index contributed by atoms with van der Waals surface area (Å²) in [5.74, 6) is -0.0379. The first-order valence-corrected chi connectivity index (χ1v) is 7.94. The van der Waals surface area contributed by atoms with Gasteiger partial charge in [-0.25, -0.2) is 0 Å². The quantitative estimate of drug-likeness (QED) is 0.773. The van der Waals surface area contributed by atoms with E-state index in [1.807, 2.05) is 30.3 Å². The van der Waals surface area contributed by atoms with E-state index in [-0.39, 0.29) is 5.91 Å². The number of benzene rings is 1. The summed E-state index contributed by atoms with van der Waals surface area (Å²) in [6.45, 7) is 0.438. The monoisotopic (exact) mass is 337 g/mol. The lowest BCUT2D eigenvalue weighted by molar-refractivity contribution is -0.120. The maximum absolute atomic E-state index is 12.1. The van der Waals surface area contributed by atoms with Crippen LogP contribution in [0.2, 0.25) is 5.02 Å². The van der Waals surface area contributed by atoms with E-state index in [2.05, 4.69) is 15.3 Å². The second-order valence-electron chi connectivity index (χ2n) is 5.40. The molecule has 0 aliphatic carbocycles. The number of rotatable bonds is 5. The molecule has 0 aliphatic heterocycles. The molecule has 0 aliphatic rings. The molecule has 24 heavy (non-hydrogen) atoms. The highest BCUT2D eigenvalue weighted by Crippen LogP contribution is 2.17. The normalized spacial score (nSPS) is 10.4. The van der Waals surface area contributed by atoms with Crippen molar-refractivity contribution in [1.29, 1.82) is 0 Å². The maximum atomic E-state index is 12.1. The number of hydrogen-bond donors (Lipinski definition) is 1. The van der Waals surface area contributed by atoms with Gasteiger partial charge in [-0.15, -0.1) is 0 Å². The Balaban J connectivity index is 1.60. The molecular formula is C19H16ClN3O. The van der Waals surface area contributed by atoms with Gasteiger partial charge in [0.25, 0.3) is 0 Å². The van der Waals surface area contributed by atoms with Crippen molar-refractivity contribution in [2.75, 3.05) is 0 Å². The Labute approximate surface area is 145 Å². The molecule has 0 spiro atoms. The van der Waals surface area contributed by atoms with Gasteiger partial charge in [0.05, 0.1) is 6.42 Å². The third-order valence-electron chi connectivity index (χ3n) is 3.56. The molecule has 3 aromatic rings. The average Bonchev–Trinajstić information content (AvgIpc) is 2.63. The topological polar surface area (TPSA) is 54.9 Å². The number of hydrogen-bond acceptors (Lipinski definition) is 3. The van der Waals surface area contributed by atoms with Gasteiger partial charge in [-0.3, -0.25) is 14.8 Å². The Morgan fingerprint density at radius 1 is 0.958 bits per heavy atom. The zero-order chi connectivity index (χ0) is 16.8. The summed E-state index contributed by atoms with van der Waals surface area (Å²) in [6.07, 6.45) is 7.39. The van der Waals surface area contributed by atoms with Crippen LogP contribution in [0.4, 0.5) is 0 Å². The molecule has 0 bridgehead atoms. The number of carbonyl (C=O) groups excluding carboxylic acids is 1. The van der Waals surface area contributed by atoms with Crippen LogP contribution < -0.4 is 5.32 Å². The van der Waals surface area contributed by atoms with Crippen molar-refractivity contribution in [2.24, 2.45) is 0 Å². The molecule has 0 fully saturated rings. The minimum atomic E-state index is -0.0379. The molecule has 0 radical (unpaired) electrons. The fourth-order valence-electron chi connectivity index (χ4n) is 2.33. The smallest absolute Gasteiger partial charge is 0.224 e. The largest absolute Gasteiger partial charge is 0.352 e. The molecule has 0 atom stereocenters. The van der Waals surface area contributed by atoms with Crippen LogP contribution in [-0.2, 0) is 17.8 Å². The molecule has 1 N–H and O–H groups in total. The Hall–Kier alpha value is -2.72. The van der Waals surface area contributed by atoms with E-state index in [1.54, 1.807) is 36.9 Å². The van der Waals surface area contributed by atoms with Gasteiger partial charge < -0.3 is 5.32 Å². The highest BCUT2D eigenvalue weighted by atomic mass is 35.5. The van der Waals surface area contributed by atoms with Crippen molar-refractivity contribution >= 4 is 17.5 Å². The lowest BCUT2D eigenvalue weighted by Gasteiger charge is -2.07. The number of halogens is 1. The first kappa shape index (κ1) is 16.1. The van der Waals surface area contributed by atoms with Crippen molar-refractivity contribution in [3.8, 4) is 11.1 Å². The third-order valence-corrected chi connectivity index (χ3v) is 3.81. The minimum Gasteiger partial charge on any atom is -0.352 e. The molecule has 2 heterocycles. The first-order chi connectivity index (χ1) is 11.7. The Bertz CT molecular complexity index is 820. The van der Waals surface area contributed by atoms with Crippen LogP contribution in [0.5, 0.6) is 0 Å². The van der Waals surface area contributed by atoms with Crippen LogP contribution in [0, 0.1) is 0 Å². The third kappa shape index (κ3) is 4.40. The van der Waals surface area contributed by atoms with E-state index in [0.717, 1.165) is 22.3 Å². The highest BCUT2D eigenvalue weighted by molar-refractivity contribution is 6.30. The van der Waals surface area contributed by atoms with Crippen LogP contribution in [0.3, 0.4) is 0 Å². The van der Waals surface area contributed by atoms with Crippen molar-refractivity contribution in [2.45, 2.75) is 13.0 Å². The second-order valence-corrected chi connectivity index (χ2v) is 5.84. The molecule has 1 aromatic carbocycles. The standard InChI is InChI=1S/C19H16ClN3O/c20-18-5-3-14(4-6-18)9-19(24)23-11-15-8-17(13-22-10-15)16-2-1-7-21-12-16/h1-8,10,12-13H,9,11H2,(H,23,24). The van der Waals surface area contributed by atoms with Gasteiger partial charge in [0.1, 0.15) is 0 Å². The summed E-state index contributed by atoms with van der Waals surface area (Å²) in [4.78, 5) is 20.4. The number of nitrogens with one attached hydrogen (secondary N) is 1. The summed E-state index contributed by atoms with van der Waals surface area (Å²) >= 11 is 5.84. The summed E-state index contributed by atoms with van der Waals surface area (Å²) in [7, 11) is 0. The fraction of sp³-hybridized carbons (Fsp3) is 0.105. The molecule has 0 saturated carbocycles. The maximum Gasteiger partial charge on any atom is 0.224 e. The van der Waals surface area contributed by atoms with E-state index >= 15 is 0 Å². The Morgan fingerprint density at radius 2 is 1.75 bits per heavy atom. The molecule has 120 valence electrons. The second kappa shape index (κ2) is 7.70. The predicted octanol–water partition coefficient (Wildman–Crippen LogP) is 3.66. The van der Waals surface area contributed by atoms with Crippen LogP contribution in [0.25, 0.3) is 11.1 Å². The zero-order valence-corrected chi connectivity index (χ0v) is 13.7. The molecule has 2 aromatic heterocycles. The molecule has 1 amide bonds. The van der Waals surface area contributed by atoms with Crippen molar-refractivity contribution in [3.05, 3.63) is 83.4 Å². The summed E-state index contributed by atoms with van der Waals surface area (Å²) in [5.41, 5.74) is 3.85. The average molecular weight is 338 g/mol. The summed E-state index contributed by atoms with van der Waals surface area (Å²) in [5, 5.41) is 3.58. The van der Waals surface area contributed by atoms with Crippen molar-refractivity contribution < 1.29 is 4.79 Å². The lowest BCUT2D eigenvalue weighted by Crippen LogP contribution is -2.24. The van der Waals surface area contributed by atoms with Crippen molar-refractivity contribution in [1.82, 2.24) is 15.3 Å². The van der Waals surface area contributed by atoms with E-state index < -0.39 is 0 Å². The van der Waals surface area contributed by atoms with Gasteiger partial charge in [0.15, 0.2) is 0 Å². The molecule has 0 saturated heterocycles. The summed E-state index contributed by atoms with van der Waals surface area (Å²) in [6, 6.07) is 13.1. The van der Waals surface area contributed by atoms with E-state index in [4.69, 9.17) is 11.6 Å². The van der Waals surface area contributed by atoms with Gasteiger partial charge in [-0.1, -0.05) is 29.8 Å². The molecule has 5 heteroatoms. The van der Waals surface area contributed by atoms with Gasteiger partial charge in [0, 0.05) is 47.5 Å². The Kier molecular flexibility index (Phi) is 5.18. The number of aromatic nitrogens is 2. The lowest BCUT2D eigenvalue weighted by atomic mass is 10.1. The SMILES string of the molecule is O=C(Cc1ccc(Cl)cc1)NCc1cncc(-c2cccnc2)c1. The minimum absolute atomic E-state index is 0.0379. The number of pyridine rings is 2. The molecule has 4 nitrogen and oxygen atoms in total.